The lowest BCUT2D eigenvalue weighted by molar-refractivity contribution is 0.386. The summed E-state index contributed by atoms with van der Waals surface area (Å²) >= 11 is 0. The number of aliphatic imine (C=N–C) groups is 1. The molecule has 1 aromatic carbocycles. The molecule has 0 fully saturated rings. The Hall–Kier alpha value is -2.57. The van der Waals surface area contributed by atoms with Crippen LogP contribution in [-0.2, 0) is 6.54 Å². The van der Waals surface area contributed by atoms with E-state index in [1.165, 1.54) is 19.4 Å². The summed E-state index contributed by atoms with van der Waals surface area (Å²) in [6.07, 6.45) is 1.51. The Morgan fingerprint density at radius 2 is 2.26 bits per heavy atom. The maximum Gasteiger partial charge on any atom is 0.192 e. The van der Waals surface area contributed by atoms with Crippen LogP contribution in [-0.4, -0.2) is 24.8 Å². The Labute approximate surface area is 134 Å². The van der Waals surface area contributed by atoms with E-state index >= 15 is 0 Å². The fraction of sp³-hybridized carbons (Fsp3) is 0.375. The Bertz CT molecular complexity index is 644. The molecule has 2 aromatic rings. The standard InChI is InChI=1S/C16H21FN4O2/c1-4-18-16(19-10-13-7-8-23-21-13)20-11(2)12-5-6-15(22-3)14(17)9-12/h5-9,11H,4,10H2,1-3H3,(H2,18,19,20). The molecule has 0 aliphatic heterocycles. The number of ether oxygens (including phenoxy) is 1. The zero-order chi connectivity index (χ0) is 16.7. The number of nitrogens with zero attached hydrogens (tertiary/aromatic N) is 2. The highest BCUT2D eigenvalue weighted by Crippen LogP contribution is 2.21. The summed E-state index contributed by atoms with van der Waals surface area (Å²) in [6.45, 7) is 5.03. The minimum absolute atomic E-state index is 0.120. The van der Waals surface area contributed by atoms with Gasteiger partial charge in [-0.05, 0) is 31.5 Å². The van der Waals surface area contributed by atoms with Gasteiger partial charge in [0.25, 0.3) is 0 Å². The van der Waals surface area contributed by atoms with Gasteiger partial charge < -0.3 is 19.9 Å². The number of nitrogens with one attached hydrogen (secondary N) is 2. The van der Waals surface area contributed by atoms with Crippen molar-refractivity contribution in [3.05, 3.63) is 47.6 Å². The van der Waals surface area contributed by atoms with E-state index < -0.39 is 0 Å². The van der Waals surface area contributed by atoms with Gasteiger partial charge in [-0.2, -0.15) is 0 Å². The summed E-state index contributed by atoms with van der Waals surface area (Å²) in [4.78, 5) is 4.43. The molecule has 2 rings (SSSR count). The number of rotatable bonds is 6. The summed E-state index contributed by atoms with van der Waals surface area (Å²) in [7, 11) is 1.44. The van der Waals surface area contributed by atoms with E-state index in [1.807, 2.05) is 19.9 Å². The second kappa shape index (κ2) is 8.17. The Morgan fingerprint density at radius 3 is 2.87 bits per heavy atom. The Morgan fingerprint density at radius 1 is 1.43 bits per heavy atom. The van der Waals surface area contributed by atoms with Crippen LogP contribution in [0.4, 0.5) is 4.39 Å². The van der Waals surface area contributed by atoms with Crippen LogP contribution in [0.3, 0.4) is 0 Å². The third-order valence-electron chi connectivity index (χ3n) is 3.26. The lowest BCUT2D eigenvalue weighted by Gasteiger charge is -2.18. The van der Waals surface area contributed by atoms with E-state index in [0.29, 0.717) is 19.0 Å². The third kappa shape index (κ3) is 4.70. The van der Waals surface area contributed by atoms with E-state index in [1.54, 1.807) is 12.1 Å². The highest BCUT2D eigenvalue weighted by molar-refractivity contribution is 5.80. The molecule has 0 aliphatic carbocycles. The van der Waals surface area contributed by atoms with Crippen LogP contribution in [0, 0.1) is 5.82 Å². The molecular formula is C16H21FN4O2. The number of methoxy groups -OCH3 is 1. The molecule has 0 saturated heterocycles. The van der Waals surface area contributed by atoms with E-state index in [2.05, 4.69) is 20.8 Å². The second-order valence-electron chi connectivity index (χ2n) is 4.95. The predicted molar refractivity (Wildman–Crippen MR) is 85.8 cm³/mol. The van der Waals surface area contributed by atoms with Crippen molar-refractivity contribution in [3.8, 4) is 5.75 Å². The summed E-state index contributed by atoms with van der Waals surface area (Å²) in [5.74, 6) is 0.468. The van der Waals surface area contributed by atoms with Crippen LogP contribution in [0.2, 0.25) is 0 Å². The van der Waals surface area contributed by atoms with Crippen LogP contribution in [0.25, 0.3) is 0 Å². The van der Waals surface area contributed by atoms with Crippen molar-refractivity contribution in [1.29, 1.82) is 0 Å². The summed E-state index contributed by atoms with van der Waals surface area (Å²) < 4.78 is 23.5. The van der Waals surface area contributed by atoms with E-state index in [0.717, 1.165) is 11.3 Å². The first-order chi connectivity index (χ1) is 11.1. The SMILES string of the molecule is CCNC(=NCc1ccon1)NC(C)c1ccc(OC)c(F)c1. The van der Waals surface area contributed by atoms with Gasteiger partial charge >= 0.3 is 0 Å². The molecular weight excluding hydrogens is 299 g/mol. The van der Waals surface area contributed by atoms with Crippen molar-refractivity contribution in [2.45, 2.75) is 26.4 Å². The van der Waals surface area contributed by atoms with Gasteiger partial charge in [-0.25, -0.2) is 9.38 Å². The molecule has 124 valence electrons. The van der Waals surface area contributed by atoms with Gasteiger partial charge in [-0.15, -0.1) is 0 Å². The fourth-order valence-corrected chi connectivity index (χ4v) is 2.04. The predicted octanol–water partition coefficient (Wildman–Crippen LogP) is 2.64. The summed E-state index contributed by atoms with van der Waals surface area (Å²) in [6, 6.07) is 6.53. The van der Waals surface area contributed by atoms with Crippen LogP contribution in [0.1, 0.15) is 31.1 Å². The molecule has 23 heavy (non-hydrogen) atoms. The van der Waals surface area contributed by atoms with Crippen molar-refractivity contribution in [3.63, 3.8) is 0 Å². The quantitative estimate of drug-likeness (QED) is 0.632. The van der Waals surface area contributed by atoms with Gasteiger partial charge in [0.1, 0.15) is 12.0 Å². The summed E-state index contributed by atoms with van der Waals surface area (Å²) in [5.41, 5.74) is 1.54. The summed E-state index contributed by atoms with van der Waals surface area (Å²) in [5, 5.41) is 10.2. The largest absolute Gasteiger partial charge is 0.494 e. The minimum Gasteiger partial charge on any atom is -0.494 e. The molecule has 6 nitrogen and oxygen atoms in total. The van der Waals surface area contributed by atoms with Crippen LogP contribution >= 0.6 is 0 Å². The maximum atomic E-state index is 13.8. The van der Waals surface area contributed by atoms with E-state index in [4.69, 9.17) is 9.26 Å². The first-order valence-electron chi connectivity index (χ1n) is 7.41. The molecule has 0 amide bonds. The highest BCUT2D eigenvalue weighted by atomic mass is 19.1. The Kier molecular flexibility index (Phi) is 5.96. The molecule has 0 saturated carbocycles. The van der Waals surface area contributed by atoms with Gasteiger partial charge in [-0.1, -0.05) is 11.2 Å². The number of hydrogen-bond donors (Lipinski definition) is 2. The van der Waals surface area contributed by atoms with Gasteiger partial charge in [-0.3, -0.25) is 0 Å². The van der Waals surface area contributed by atoms with Gasteiger partial charge in [0.15, 0.2) is 17.5 Å². The minimum atomic E-state index is -0.386. The number of guanidine groups is 1. The van der Waals surface area contributed by atoms with Crippen LogP contribution in [0.15, 0.2) is 40.0 Å². The first-order valence-corrected chi connectivity index (χ1v) is 7.41. The van der Waals surface area contributed by atoms with Crippen molar-refractivity contribution < 1.29 is 13.7 Å². The topological polar surface area (TPSA) is 71.7 Å². The van der Waals surface area contributed by atoms with Crippen molar-refractivity contribution in [2.75, 3.05) is 13.7 Å². The molecule has 0 spiro atoms. The lowest BCUT2D eigenvalue weighted by Crippen LogP contribution is -2.38. The van der Waals surface area contributed by atoms with E-state index in [9.17, 15) is 4.39 Å². The molecule has 2 N–H and O–H groups in total. The van der Waals surface area contributed by atoms with Crippen LogP contribution < -0.4 is 15.4 Å². The monoisotopic (exact) mass is 320 g/mol. The average molecular weight is 320 g/mol. The van der Waals surface area contributed by atoms with Crippen LogP contribution in [0.5, 0.6) is 5.75 Å². The number of aromatic nitrogens is 1. The van der Waals surface area contributed by atoms with Crippen molar-refractivity contribution in [1.82, 2.24) is 15.8 Å². The van der Waals surface area contributed by atoms with Gasteiger partial charge in [0.05, 0.1) is 19.7 Å². The fourth-order valence-electron chi connectivity index (χ4n) is 2.04. The Balaban J connectivity index is 2.06. The molecule has 0 radical (unpaired) electrons. The zero-order valence-corrected chi connectivity index (χ0v) is 13.5. The lowest BCUT2D eigenvalue weighted by atomic mass is 10.1. The third-order valence-corrected chi connectivity index (χ3v) is 3.26. The average Bonchev–Trinajstić information content (AvgIpc) is 3.06. The molecule has 0 aliphatic rings. The smallest absolute Gasteiger partial charge is 0.192 e. The number of halogens is 1. The normalized spacial score (nSPS) is 12.8. The first kappa shape index (κ1) is 16.8. The van der Waals surface area contributed by atoms with Crippen molar-refractivity contribution in [2.24, 2.45) is 4.99 Å². The molecule has 1 heterocycles. The maximum absolute atomic E-state index is 13.8. The molecule has 7 heteroatoms. The molecule has 1 unspecified atom stereocenters. The second-order valence-corrected chi connectivity index (χ2v) is 4.95. The zero-order valence-electron chi connectivity index (χ0n) is 13.5. The number of hydrogen-bond acceptors (Lipinski definition) is 4. The molecule has 0 bridgehead atoms. The molecule has 1 aromatic heterocycles. The molecule has 1 atom stereocenters. The number of benzene rings is 1. The highest BCUT2D eigenvalue weighted by Gasteiger charge is 2.11. The van der Waals surface area contributed by atoms with Gasteiger partial charge in [0, 0.05) is 12.6 Å². The van der Waals surface area contributed by atoms with Crippen molar-refractivity contribution >= 4 is 5.96 Å². The van der Waals surface area contributed by atoms with E-state index in [-0.39, 0.29) is 17.6 Å². The van der Waals surface area contributed by atoms with Gasteiger partial charge in [0.2, 0.25) is 0 Å².